The molecule has 2 unspecified atom stereocenters. The number of carbonyl (C=O) groups is 2. The van der Waals surface area contributed by atoms with E-state index in [1.807, 2.05) is 6.07 Å². The van der Waals surface area contributed by atoms with Crippen LogP contribution in [0.15, 0.2) is 12.1 Å². The van der Waals surface area contributed by atoms with Gasteiger partial charge in [0.2, 0.25) is 0 Å². The van der Waals surface area contributed by atoms with Gasteiger partial charge in [0, 0.05) is 40.5 Å². The topological polar surface area (TPSA) is 58.6 Å². The standard InChI is InChI=1S/C23H27ClN2O3/c24-13-7-18-17-3-1-2-4-21(17)29-22(18)19(8-13)23(28)25-14-9-15-5-12-6-16(10-14)26(15)11-20(12)27/h7-8,12,14-17,21H,1-6,9-11H2,(H,25,28)/t12?,14?,15?,16?,17-,21+/m0/s1. The molecule has 5 nitrogen and oxygen atoms in total. The van der Waals surface area contributed by atoms with Gasteiger partial charge >= 0.3 is 0 Å². The second kappa shape index (κ2) is 6.71. The Bertz CT molecular complexity index is 871. The van der Waals surface area contributed by atoms with Gasteiger partial charge in [-0.15, -0.1) is 0 Å². The Labute approximate surface area is 176 Å². The summed E-state index contributed by atoms with van der Waals surface area (Å²) in [5.74, 6) is 1.73. The summed E-state index contributed by atoms with van der Waals surface area (Å²) >= 11 is 6.41. The second-order valence-corrected chi connectivity index (χ2v) is 10.1. The van der Waals surface area contributed by atoms with Crippen LogP contribution in [0.2, 0.25) is 5.02 Å². The van der Waals surface area contributed by atoms with Crippen LogP contribution in [0.5, 0.6) is 5.75 Å². The van der Waals surface area contributed by atoms with Crippen molar-refractivity contribution in [2.45, 2.75) is 81.5 Å². The number of hydrogen-bond acceptors (Lipinski definition) is 4. The van der Waals surface area contributed by atoms with Crippen LogP contribution in [-0.2, 0) is 4.79 Å². The van der Waals surface area contributed by atoms with Crippen molar-refractivity contribution in [2.75, 3.05) is 6.54 Å². The molecule has 4 atom stereocenters. The molecular formula is C23H27ClN2O3. The van der Waals surface area contributed by atoms with E-state index >= 15 is 0 Å². The molecule has 4 bridgehead atoms. The van der Waals surface area contributed by atoms with Crippen molar-refractivity contribution in [1.82, 2.24) is 10.2 Å². The van der Waals surface area contributed by atoms with Crippen LogP contribution in [0, 0.1) is 5.92 Å². The lowest BCUT2D eigenvalue weighted by Gasteiger charge is -2.54. The molecular weight excluding hydrogens is 388 g/mol. The van der Waals surface area contributed by atoms with Crippen LogP contribution in [0.4, 0.5) is 0 Å². The van der Waals surface area contributed by atoms with Gasteiger partial charge in [0.05, 0.1) is 12.1 Å². The molecule has 5 fully saturated rings. The lowest BCUT2D eigenvalue weighted by molar-refractivity contribution is -0.141. The maximum atomic E-state index is 13.2. The summed E-state index contributed by atoms with van der Waals surface area (Å²) in [5, 5.41) is 3.90. The Hall–Kier alpha value is -1.59. The first kappa shape index (κ1) is 18.2. The summed E-state index contributed by atoms with van der Waals surface area (Å²) in [6.07, 6.45) is 8.54. The molecule has 5 aliphatic heterocycles. The van der Waals surface area contributed by atoms with Crippen molar-refractivity contribution in [3.63, 3.8) is 0 Å². The molecule has 1 aliphatic carbocycles. The van der Waals surface area contributed by atoms with E-state index in [9.17, 15) is 9.59 Å². The predicted octanol–water partition coefficient (Wildman–Crippen LogP) is 3.68. The lowest BCUT2D eigenvalue weighted by Crippen LogP contribution is -2.64. The molecule has 29 heavy (non-hydrogen) atoms. The normalized spacial score (nSPS) is 39.5. The van der Waals surface area contributed by atoms with E-state index in [0.29, 0.717) is 40.9 Å². The van der Waals surface area contributed by atoms with Crippen LogP contribution in [0.1, 0.15) is 73.2 Å². The van der Waals surface area contributed by atoms with E-state index in [1.54, 1.807) is 6.07 Å². The number of carbonyl (C=O) groups excluding carboxylic acids is 2. The maximum absolute atomic E-state index is 13.2. The minimum Gasteiger partial charge on any atom is -0.489 e. The van der Waals surface area contributed by atoms with Gasteiger partial charge < -0.3 is 10.1 Å². The third kappa shape index (κ3) is 2.92. The summed E-state index contributed by atoms with van der Waals surface area (Å²) in [6, 6.07) is 4.77. The van der Waals surface area contributed by atoms with Gasteiger partial charge in [-0.05, 0) is 57.1 Å². The van der Waals surface area contributed by atoms with Crippen molar-refractivity contribution < 1.29 is 14.3 Å². The Kier molecular flexibility index (Phi) is 4.21. The third-order valence-electron chi connectivity index (χ3n) is 7.99. The van der Waals surface area contributed by atoms with Crippen LogP contribution in [0.3, 0.4) is 0 Å². The van der Waals surface area contributed by atoms with E-state index in [2.05, 4.69) is 10.2 Å². The number of amides is 1. The molecule has 154 valence electrons. The number of benzene rings is 1. The van der Waals surface area contributed by atoms with Crippen molar-refractivity contribution in [3.05, 3.63) is 28.3 Å². The highest BCUT2D eigenvalue weighted by atomic mass is 35.5. The Morgan fingerprint density at radius 2 is 1.86 bits per heavy atom. The smallest absolute Gasteiger partial charge is 0.255 e. The van der Waals surface area contributed by atoms with E-state index in [4.69, 9.17) is 16.3 Å². The minimum absolute atomic E-state index is 0.0661. The van der Waals surface area contributed by atoms with Crippen molar-refractivity contribution >= 4 is 23.3 Å². The van der Waals surface area contributed by atoms with Gasteiger partial charge in [-0.25, -0.2) is 0 Å². The second-order valence-electron chi connectivity index (χ2n) is 9.68. The highest BCUT2D eigenvalue weighted by molar-refractivity contribution is 6.31. The number of Topliss-reactive ketones (excluding diaryl/α,β-unsaturated/α-hetero) is 1. The van der Waals surface area contributed by atoms with Gasteiger partial charge in [0.25, 0.3) is 5.91 Å². The van der Waals surface area contributed by atoms with E-state index in [-0.39, 0.29) is 24.0 Å². The number of hydrogen-bond donors (Lipinski definition) is 1. The van der Waals surface area contributed by atoms with Crippen LogP contribution < -0.4 is 10.1 Å². The number of rotatable bonds is 2. The summed E-state index contributed by atoms with van der Waals surface area (Å²) < 4.78 is 6.27. The highest BCUT2D eigenvalue weighted by Crippen LogP contribution is 2.48. The summed E-state index contributed by atoms with van der Waals surface area (Å²) in [7, 11) is 0. The van der Waals surface area contributed by atoms with Crippen molar-refractivity contribution in [2.24, 2.45) is 5.92 Å². The first-order chi connectivity index (χ1) is 14.1. The molecule has 0 aromatic heterocycles. The average molecular weight is 415 g/mol. The molecule has 5 heterocycles. The fourth-order valence-corrected chi connectivity index (χ4v) is 6.91. The van der Waals surface area contributed by atoms with Gasteiger partial charge in [-0.2, -0.15) is 0 Å². The number of halogens is 1. The van der Waals surface area contributed by atoms with Crippen LogP contribution >= 0.6 is 11.6 Å². The average Bonchev–Trinajstić information content (AvgIpc) is 3.06. The number of piperidine rings is 4. The molecule has 1 N–H and O–H groups in total. The predicted molar refractivity (Wildman–Crippen MR) is 110 cm³/mol. The first-order valence-electron chi connectivity index (χ1n) is 11.2. The Morgan fingerprint density at radius 3 is 2.62 bits per heavy atom. The van der Waals surface area contributed by atoms with Crippen LogP contribution in [0.25, 0.3) is 0 Å². The number of nitrogens with zero attached hydrogens (tertiary/aromatic N) is 1. The fraction of sp³-hybridized carbons (Fsp3) is 0.652. The van der Waals surface area contributed by atoms with E-state index in [1.165, 1.54) is 12.8 Å². The Morgan fingerprint density at radius 1 is 1.10 bits per heavy atom. The monoisotopic (exact) mass is 414 g/mol. The van der Waals surface area contributed by atoms with E-state index < -0.39 is 0 Å². The molecule has 1 aromatic rings. The van der Waals surface area contributed by atoms with E-state index in [0.717, 1.165) is 49.8 Å². The largest absolute Gasteiger partial charge is 0.489 e. The van der Waals surface area contributed by atoms with Crippen molar-refractivity contribution in [1.29, 1.82) is 0 Å². The molecule has 7 rings (SSSR count). The molecule has 1 aromatic carbocycles. The molecule has 6 aliphatic rings. The number of nitrogens with one attached hydrogen (secondary N) is 1. The third-order valence-corrected chi connectivity index (χ3v) is 8.21. The molecule has 0 spiro atoms. The number of ether oxygens (including phenoxy) is 1. The first-order valence-corrected chi connectivity index (χ1v) is 11.5. The zero-order chi connectivity index (χ0) is 19.7. The van der Waals surface area contributed by atoms with Crippen LogP contribution in [-0.4, -0.2) is 47.4 Å². The molecule has 1 amide bonds. The molecule has 4 saturated heterocycles. The maximum Gasteiger partial charge on any atom is 0.255 e. The summed E-state index contributed by atoms with van der Waals surface area (Å²) in [6.45, 7) is 0.610. The zero-order valence-corrected chi connectivity index (χ0v) is 17.3. The van der Waals surface area contributed by atoms with Gasteiger partial charge in [0.15, 0.2) is 0 Å². The quantitative estimate of drug-likeness (QED) is 0.801. The summed E-state index contributed by atoms with van der Waals surface area (Å²) in [4.78, 5) is 27.7. The molecule has 0 radical (unpaired) electrons. The SMILES string of the molecule is O=C(NC1CC2CC3CC(C1)N2CC3=O)c1cc(Cl)cc2c1O[C@@H]1CCCC[C@@H]21. The zero-order valence-electron chi connectivity index (χ0n) is 16.5. The highest BCUT2D eigenvalue weighted by Gasteiger charge is 2.49. The number of fused-ring (bicyclic) bond motifs is 4. The fourth-order valence-electron chi connectivity index (χ4n) is 6.68. The number of ketones is 1. The van der Waals surface area contributed by atoms with Crippen molar-refractivity contribution in [3.8, 4) is 5.75 Å². The lowest BCUT2D eigenvalue weighted by atomic mass is 9.71. The van der Waals surface area contributed by atoms with Gasteiger partial charge in [0.1, 0.15) is 17.6 Å². The Balaban J connectivity index is 1.22. The molecule has 6 heteroatoms. The minimum atomic E-state index is -0.0661. The van der Waals surface area contributed by atoms with Gasteiger partial charge in [-0.3, -0.25) is 14.5 Å². The molecule has 1 saturated carbocycles. The summed E-state index contributed by atoms with van der Waals surface area (Å²) in [5.41, 5.74) is 1.71. The van der Waals surface area contributed by atoms with Gasteiger partial charge in [-0.1, -0.05) is 18.0 Å².